The van der Waals surface area contributed by atoms with Gasteiger partial charge in [-0.2, -0.15) is 0 Å². The smallest absolute Gasteiger partial charge is 0.419 e. The molecule has 2 atom stereocenters. The second kappa shape index (κ2) is 2.85. The molecular weight excluding hydrogens is 156 g/mol. The van der Waals surface area contributed by atoms with E-state index in [1.807, 2.05) is 0 Å². The lowest BCUT2D eigenvalue weighted by atomic mass is 10.4. The molecule has 11 heavy (non-hydrogen) atoms. The van der Waals surface area contributed by atoms with Gasteiger partial charge in [0.05, 0.1) is 0 Å². The van der Waals surface area contributed by atoms with Crippen LogP contribution in [-0.4, -0.2) is 41.2 Å². The molecule has 1 rings (SSSR count). The SMILES string of the molecule is O=C1OCC(O)C(O)OC1=O. The van der Waals surface area contributed by atoms with E-state index in [0.29, 0.717) is 0 Å². The Bertz CT molecular complexity index is 187. The Kier molecular flexibility index (Phi) is 2.06. The molecule has 2 N–H and O–H groups in total. The number of hydrogen-bond donors (Lipinski definition) is 2. The van der Waals surface area contributed by atoms with Crippen LogP contribution in [0.25, 0.3) is 0 Å². The maximum atomic E-state index is 10.4. The highest BCUT2D eigenvalue weighted by Gasteiger charge is 2.31. The molecule has 1 fully saturated rings. The molecule has 1 aliphatic rings. The van der Waals surface area contributed by atoms with Crippen molar-refractivity contribution in [2.45, 2.75) is 12.4 Å². The number of aliphatic hydroxyl groups is 2. The average Bonchev–Trinajstić information content (AvgIpc) is 2.05. The molecule has 0 saturated carbocycles. The fourth-order valence-electron chi connectivity index (χ4n) is 0.539. The third-order valence-corrected chi connectivity index (χ3v) is 1.11. The Balaban J connectivity index is 2.66. The molecule has 6 nitrogen and oxygen atoms in total. The summed E-state index contributed by atoms with van der Waals surface area (Å²) in [4.78, 5) is 20.8. The third kappa shape index (κ3) is 1.66. The van der Waals surface area contributed by atoms with Gasteiger partial charge in [0, 0.05) is 0 Å². The Labute approximate surface area is 61.3 Å². The number of cyclic esters (lactones) is 2. The molecule has 0 bridgehead atoms. The van der Waals surface area contributed by atoms with Crippen molar-refractivity contribution in [3.05, 3.63) is 0 Å². The van der Waals surface area contributed by atoms with E-state index in [4.69, 9.17) is 10.2 Å². The van der Waals surface area contributed by atoms with Crippen LogP contribution in [0.2, 0.25) is 0 Å². The van der Waals surface area contributed by atoms with Crippen LogP contribution in [-0.2, 0) is 19.1 Å². The van der Waals surface area contributed by atoms with Crippen molar-refractivity contribution < 1.29 is 29.3 Å². The first-order chi connectivity index (χ1) is 5.11. The van der Waals surface area contributed by atoms with Gasteiger partial charge < -0.3 is 19.7 Å². The van der Waals surface area contributed by atoms with Gasteiger partial charge >= 0.3 is 11.9 Å². The minimum Gasteiger partial charge on any atom is -0.454 e. The maximum Gasteiger partial charge on any atom is 0.419 e. The first kappa shape index (κ1) is 7.96. The van der Waals surface area contributed by atoms with Crippen molar-refractivity contribution in [1.29, 1.82) is 0 Å². The summed E-state index contributed by atoms with van der Waals surface area (Å²) in [5.41, 5.74) is 0. The summed E-state index contributed by atoms with van der Waals surface area (Å²) in [6.07, 6.45) is -3.06. The Morgan fingerprint density at radius 2 is 1.91 bits per heavy atom. The number of ether oxygens (including phenoxy) is 2. The zero-order chi connectivity index (χ0) is 8.43. The van der Waals surface area contributed by atoms with Crippen LogP contribution in [0.1, 0.15) is 0 Å². The van der Waals surface area contributed by atoms with Gasteiger partial charge in [-0.3, -0.25) is 0 Å². The number of aliphatic hydroxyl groups excluding tert-OH is 2. The molecule has 0 spiro atoms. The predicted octanol–water partition coefficient (Wildman–Crippen LogP) is -2.23. The first-order valence-electron chi connectivity index (χ1n) is 2.85. The number of rotatable bonds is 0. The van der Waals surface area contributed by atoms with Gasteiger partial charge in [-0.05, 0) is 0 Å². The fraction of sp³-hybridized carbons (Fsp3) is 0.600. The molecule has 2 unspecified atom stereocenters. The largest absolute Gasteiger partial charge is 0.454 e. The van der Waals surface area contributed by atoms with Crippen molar-refractivity contribution in [3.8, 4) is 0 Å². The van der Waals surface area contributed by atoms with Gasteiger partial charge in [-0.25, -0.2) is 9.59 Å². The highest BCUT2D eigenvalue weighted by Crippen LogP contribution is 2.03. The van der Waals surface area contributed by atoms with E-state index in [1.165, 1.54) is 0 Å². The summed E-state index contributed by atoms with van der Waals surface area (Å²) in [7, 11) is 0. The van der Waals surface area contributed by atoms with Crippen molar-refractivity contribution in [1.82, 2.24) is 0 Å². The van der Waals surface area contributed by atoms with Crippen LogP contribution < -0.4 is 0 Å². The number of carbonyl (C=O) groups is 2. The zero-order valence-corrected chi connectivity index (χ0v) is 5.39. The monoisotopic (exact) mass is 162 g/mol. The minimum atomic E-state index is -1.69. The van der Waals surface area contributed by atoms with Crippen LogP contribution in [0.4, 0.5) is 0 Å². The number of carbonyl (C=O) groups excluding carboxylic acids is 2. The highest BCUT2D eigenvalue weighted by molar-refractivity contribution is 6.29. The van der Waals surface area contributed by atoms with Crippen LogP contribution in [0.3, 0.4) is 0 Å². The molecule has 0 aromatic rings. The Morgan fingerprint density at radius 3 is 2.55 bits per heavy atom. The average molecular weight is 162 g/mol. The van der Waals surface area contributed by atoms with Crippen molar-refractivity contribution in [2.24, 2.45) is 0 Å². The van der Waals surface area contributed by atoms with Gasteiger partial charge in [0.2, 0.25) is 6.29 Å². The molecule has 0 radical (unpaired) electrons. The van der Waals surface area contributed by atoms with E-state index in [9.17, 15) is 9.59 Å². The standard InChI is InChI=1S/C5H6O6/c6-2-1-10-4(8)5(9)11-3(2)7/h2-3,6-7H,1H2. The summed E-state index contributed by atoms with van der Waals surface area (Å²) >= 11 is 0. The summed E-state index contributed by atoms with van der Waals surface area (Å²) in [5.74, 6) is -2.50. The topological polar surface area (TPSA) is 93.1 Å². The van der Waals surface area contributed by atoms with Gasteiger partial charge in [-0.15, -0.1) is 0 Å². The summed E-state index contributed by atoms with van der Waals surface area (Å²) in [6.45, 7) is -0.439. The van der Waals surface area contributed by atoms with E-state index in [2.05, 4.69) is 9.47 Å². The number of hydrogen-bond acceptors (Lipinski definition) is 6. The molecule has 0 aliphatic carbocycles. The van der Waals surface area contributed by atoms with Crippen molar-refractivity contribution in [2.75, 3.05) is 6.61 Å². The molecular formula is C5H6O6. The highest BCUT2D eigenvalue weighted by atomic mass is 16.7. The lowest BCUT2D eigenvalue weighted by Gasteiger charge is -2.10. The third-order valence-electron chi connectivity index (χ3n) is 1.11. The zero-order valence-electron chi connectivity index (χ0n) is 5.39. The Morgan fingerprint density at radius 1 is 1.27 bits per heavy atom. The molecule has 1 aliphatic heterocycles. The second-order valence-corrected chi connectivity index (χ2v) is 1.96. The van der Waals surface area contributed by atoms with Gasteiger partial charge in [-0.1, -0.05) is 0 Å². The van der Waals surface area contributed by atoms with E-state index >= 15 is 0 Å². The van der Waals surface area contributed by atoms with E-state index < -0.39 is 30.9 Å². The summed E-state index contributed by atoms with van der Waals surface area (Å²) in [5, 5.41) is 17.5. The van der Waals surface area contributed by atoms with Crippen LogP contribution in [0.5, 0.6) is 0 Å². The van der Waals surface area contributed by atoms with E-state index in [-0.39, 0.29) is 0 Å². The van der Waals surface area contributed by atoms with Crippen molar-refractivity contribution >= 4 is 11.9 Å². The van der Waals surface area contributed by atoms with Crippen LogP contribution in [0.15, 0.2) is 0 Å². The van der Waals surface area contributed by atoms with Gasteiger partial charge in [0.1, 0.15) is 6.61 Å². The maximum absolute atomic E-state index is 10.4. The quantitative estimate of drug-likeness (QED) is 0.309. The predicted molar refractivity (Wildman–Crippen MR) is 29.1 cm³/mol. The molecule has 0 aromatic heterocycles. The molecule has 1 saturated heterocycles. The molecule has 6 heteroatoms. The van der Waals surface area contributed by atoms with E-state index in [0.717, 1.165) is 0 Å². The number of esters is 2. The Hall–Kier alpha value is -1.14. The molecule has 0 aromatic carbocycles. The summed E-state index contributed by atoms with van der Waals surface area (Å²) < 4.78 is 8.20. The van der Waals surface area contributed by atoms with E-state index in [1.54, 1.807) is 0 Å². The van der Waals surface area contributed by atoms with Crippen LogP contribution >= 0.6 is 0 Å². The van der Waals surface area contributed by atoms with Gasteiger partial charge in [0.25, 0.3) is 0 Å². The minimum absolute atomic E-state index is 0.439. The second-order valence-electron chi connectivity index (χ2n) is 1.96. The molecule has 1 heterocycles. The fourth-order valence-corrected chi connectivity index (χ4v) is 0.539. The van der Waals surface area contributed by atoms with Crippen molar-refractivity contribution in [3.63, 3.8) is 0 Å². The first-order valence-corrected chi connectivity index (χ1v) is 2.85. The lowest BCUT2D eigenvalue weighted by Crippen LogP contribution is -2.30. The lowest BCUT2D eigenvalue weighted by molar-refractivity contribution is -0.183. The molecule has 0 amide bonds. The van der Waals surface area contributed by atoms with Gasteiger partial charge in [0.15, 0.2) is 6.10 Å². The van der Waals surface area contributed by atoms with Crippen LogP contribution in [0, 0.1) is 0 Å². The normalized spacial score (nSPS) is 32.2. The molecule has 62 valence electrons. The summed E-state index contributed by atoms with van der Waals surface area (Å²) in [6, 6.07) is 0.